The lowest BCUT2D eigenvalue weighted by atomic mass is 10.0. The lowest BCUT2D eigenvalue weighted by Gasteiger charge is -2.31. The first-order chi connectivity index (χ1) is 7.95. The largest absolute Gasteiger partial charge is 0.341 e. The highest BCUT2D eigenvalue weighted by atomic mass is 15.1. The highest BCUT2D eigenvalue weighted by Gasteiger charge is 2.16. The van der Waals surface area contributed by atoms with Crippen LogP contribution in [0.5, 0.6) is 0 Å². The van der Waals surface area contributed by atoms with Gasteiger partial charge in [0.2, 0.25) is 0 Å². The number of fused-ring (bicyclic) bond motifs is 1. The highest BCUT2D eigenvalue weighted by molar-refractivity contribution is 5.67. The minimum absolute atomic E-state index is 1.09. The van der Waals surface area contributed by atoms with E-state index in [0.717, 1.165) is 6.54 Å². The molecule has 1 aliphatic rings. The summed E-state index contributed by atoms with van der Waals surface area (Å²) in [6.07, 6.45) is 2.42. The van der Waals surface area contributed by atoms with Gasteiger partial charge < -0.3 is 4.90 Å². The first-order valence-electron chi connectivity index (χ1n) is 5.77. The molecule has 1 radical (unpaired) electrons. The average Bonchev–Trinajstić information content (AvgIpc) is 2.39. The van der Waals surface area contributed by atoms with E-state index in [0.29, 0.717) is 0 Å². The van der Waals surface area contributed by atoms with Crippen molar-refractivity contribution in [3.8, 4) is 0 Å². The normalized spacial score (nSPS) is 14.6. The number of para-hydroxylation sites is 2. The molecule has 0 aliphatic carbocycles. The molecule has 0 spiro atoms. The second kappa shape index (κ2) is 4.01. The fourth-order valence-electron chi connectivity index (χ4n) is 2.34. The van der Waals surface area contributed by atoms with Gasteiger partial charge in [-0.05, 0) is 30.5 Å². The van der Waals surface area contributed by atoms with Crippen molar-refractivity contribution in [2.45, 2.75) is 12.8 Å². The third-order valence-electron chi connectivity index (χ3n) is 3.09. The molecule has 0 atom stereocenters. The topological polar surface area (TPSA) is 3.24 Å². The third-order valence-corrected chi connectivity index (χ3v) is 3.09. The van der Waals surface area contributed by atoms with Crippen LogP contribution < -0.4 is 4.90 Å². The number of benzene rings is 2. The van der Waals surface area contributed by atoms with Crippen LogP contribution >= 0.6 is 0 Å². The molecule has 0 unspecified atom stereocenters. The number of hydrogen-bond donors (Lipinski definition) is 0. The Bertz CT molecular complexity index is 476. The predicted octanol–water partition coefficient (Wildman–Crippen LogP) is 3.57. The van der Waals surface area contributed by atoms with E-state index in [-0.39, 0.29) is 0 Å². The van der Waals surface area contributed by atoms with Crippen LogP contribution in [-0.2, 0) is 6.42 Å². The Labute approximate surface area is 96.3 Å². The summed E-state index contributed by atoms with van der Waals surface area (Å²) in [4.78, 5) is 2.36. The Hall–Kier alpha value is -1.76. The molecule has 0 saturated carbocycles. The minimum atomic E-state index is 1.09. The average molecular weight is 208 g/mol. The van der Waals surface area contributed by atoms with Crippen LogP contribution in [0, 0.1) is 6.07 Å². The molecule has 0 aromatic heterocycles. The zero-order valence-electron chi connectivity index (χ0n) is 9.19. The van der Waals surface area contributed by atoms with Gasteiger partial charge in [0.05, 0.1) is 0 Å². The van der Waals surface area contributed by atoms with E-state index in [4.69, 9.17) is 0 Å². The maximum atomic E-state index is 3.30. The Kier molecular flexibility index (Phi) is 2.37. The van der Waals surface area contributed by atoms with Crippen molar-refractivity contribution in [1.29, 1.82) is 0 Å². The van der Waals surface area contributed by atoms with Crippen LogP contribution in [0.2, 0.25) is 0 Å². The standard InChI is InChI=1S/C15H14N/c1-2-9-14(10-3-1)16-12-6-8-13-7-4-5-11-15(13)16/h1-5,7,9,11H,6,8,12H2. The molecule has 1 heterocycles. The zero-order valence-corrected chi connectivity index (χ0v) is 9.19. The van der Waals surface area contributed by atoms with E-state index in [1.807, 2.05) is 12.1 Å². The van der Waals surface area contributed by atoms with Gasteiger partial charge >= 0.3 is 0 Å². The summed E-state index contributed by atoms with van der Waals surface area (Å²) in [5.41, 5.74) is 3.97. The maximum Gasteiger partial charge on any atom is 0.0491 e. The lowest BCUT2D eigenvalue weighted by Crippen LogP contribution is -2.24. The first kappa shape index (κ1) is 9.46. The zero-order chi connectivity index (χ0) is 10.8. The van der Waals surface area contributed by atoms with Crippen molar-refractivity contribution in [2.24, 2.45) is 0 Å². The molecule has 2 aromatic carbocycles. The summed E-state index contributed by atoms with van der Waals surface area (Å²) in [7, 11) is 0. The van der Waals surface area contributed by atoms with Crippen LogP contribution in [0.4, 0.5) is 11.4 Å². The van der Waals surface area contributed by atoms with Crippen LogP contribution in [0.1, 0.15) is 12.0 Å². The van der Waals surface area contributed by atoms with Crippen molar-refractivity contribution in [1.82, 2.24) is 0 Å². The number of anilines is 2. The van der Waals surface area contributed by atoms with Gasteiger partial charge in [-0.2, -0.15) is 0 Å². The van der Waals surface area contributed by atoms with E-state index in [2.05, 4.69) is 47.4 Å². The van der Waals surface area contributed by atoms with Crippen LogP contribution in [0.3, 0.4) is 0 Å². The van der Waals surface area contributed by atoms with Crippen molar-refractivity contribution in [3.63, 3.8) is 0 Å². The van der Waals surface area contributed by atoms with Gasteiger partial charge in [0.1, 0.15) is 0 Å². The maximum absolute atomic E-state index is 3.30. The Morgan fingerprint density at radius 3 is 2.75 bits per heavy atom. The minimum Gasteiger partial charge on any atom is -0.341 e. The van der Waals surface area contributed by atoms with Gasteiger partial charge in [0.15, 0.2) is 0 Å². The summed E-state index contributed by atoms with van der Waals surface area (Å²) < 4.78 is 0. The van der Waals surface area contributed by atoms with Crippen LogP contribution in [-0.4, -0.2) is 6.54 Å². The molecule has 1 heteroatoms. The van der Waals surface area contributed by atoms with E-state index in [1.54, 1.807) is 0 Å². The summed E-state index contributed by atoms with van der Waals surface area (Å²) in [6.45, 7) is 1.09. The number of rotatable bonds is 1. The quantitative estimate of drug-likeness (QED) is 0.692. The molecule has 1 aliphatic heterocycles. The van der Waals surface area contributed by atoms with Gasteiger partial charge in [-0.3, -0.25) is 0 Å². The van der Waals surface area contributed by atoms with Gasteiger partial charge in [0.25, 0.3) is 0 Å². The van der Waals surface area contributed by atoms with E-state index >= 15 is 0 Å². The smallest absolute Gasteiger partial charge is 0.0491 e. The number of hydrogen-bond acceptors (Lipinski definition) is 1. The molecule has 0 fully saturated rings. The fraction of sp³-hybridized carbons (Fsp3) is 0.200. The van der Waals surface area contributed by atoms with Crippen molar-refractivity contribution < 1.29 is 0 Å². The van der Waals surface area contributed by atoms with Gasteiger partial charge in [-0.1, -0.05) is 36.4 Å². The SMILES string of the molecule is [c]1ccccc1N1CCCc2ccccc21. The Balaban J connectivity index is 2.05. The first-order valence-corrected chi connectivity index (χ1v) is 5.77. The van der Waals surface area contributed by atoms with Crippen molar-refractivity contribution in [3.05, 3.63) is 60.2 Å². The Morgan fingerprint density at radius 2 is 1.88 bits per heavy atom. The predicted molar refractivity (Wildman–Crippen MR) is 67.0 cm³/mol. The summed E-state index contributed by atoms with van der Waals surface area (Å²) >= 11 is 0. The molecule has 0 N–H and O–H groups in total. The van der Waals surface area contributed by atoms with E-state index in [1.165, 1.54) is 29.8 Å². The fourth-order valence-corrected chi connectivity index (χ4v) is 2.34. The molecule has 0 saturated heterocycles. The molecular weight excluding hydrogens is 194 g/mol. The van der Waals surface area contributed by atoms with Crippen molar-refractivity contribution >= 4 is 11.4 Å². The highest BCUT2D eigenvalue weighted by Crippen LogP contribution is 2.32. The number of aryl methyl sites for hydroxylation is 1. The van der Waals surface area contributed by atoms with Crippen LogP contribution in [0.15, 0.2) is 48.5 Å². The molecule has 2 aromatic rings. The lowest BCUT2D eigenvalue weighted by molar-refractivity contribution is 0.766. The molecular formula is C15H14N. The monoisotopic (exact) mass is 208 g/mol. The molecule has 3 rings (SSSR count). The second-order valence-electron chi connectivity index (χ2n) is 4.13. The molecule has 1 nitrogen and oxygen atoms in total. The Morgan fingerprint density at radius 1 is 1.00 bits per heavy atom. The molecule has 0 bridgehead atoms. The molecule has 0 amide bonds. The van der Waals surface area contributed by atoms with Gasteiger partial charge in [-0.25, -0.2) is 0 Å². The van der Waals surface area contributed by atoms with Crippen LogP contribution in [0.25, 0.3) is 0 Å². The summed E-state index contributed by atoms with van der Waals surface area (Å²) in [5, 5.41) is 0. The summed E-state index contributed by atoms with van der Waals surface area (Å²) in [5.74, 6) is 0. The number of nitrogens with zero attached hydrogens (tertiary/aromatic N) is 1. The van der Waals surface area contributed by atoms with Gasteiger partial charge in [-0.15, -0.1) is 0 Å². The molecule has 79 valence electrons. The summed E-state index contributed by atoms with van der Waals surface area (Å²) in [6, 6.07) is 20.2. The van der Waals surface area contributed by atoms with E-state index in [9.17, 15) is 0 Å². The third kappa shape index (κ3) is 1.58. The van der Waals surface area contributed by atoms with Crippen molar-refractivity contribution in [2.75, 3.05) is 11.4 Å². The van der Waals surface area contributed by atoms with E-state index < -0.39 is 0 Å². The second-order valence-corrected chi connectivity index (χ2v) is 4.13. The molecule has 16 heavy (non-hydrogen) atoms. The van der Waals surface area contributed by atoms with Gasteiger partial charge in [0, 0.05) is 24.0 Å².